The van der Waals surface area contributed by atoms with Crippen LogP contribution in [0.25, 0.3) is 6.08 Å². The molecular formula is C19H27FN2O3. The highest BCUT2D eigenvalue weighted by molar-refractivity contribution is 5.91. The van der Waals surface area contributed by atoms with E-state index in [9.17, 15) is 9.18 Å². The summed E-state index contributed by atoms with van der Waals surface area (Å²) in [5, 5.41) is 2.89. The third-order valence-corrected chi connectivity index (χ3v) is 4.25. The van der Waals surface area contributed by atoms with Gasteiger partial charge in [-0.15, -0.1) is 0 Å². The van der Waals surface area contributed by atoms with Crippen LogP contribution in [0.15, 0.2) is 24.3 Å². The summed E-state index contributed by atoms with van der Waals surface area (Å²) in [5.41, 5.74) is 0.609. The number of nitrogens with zero attached hydrogens (tertiary/aromatic N) is 1. The summed E-state index contributed by atoms with van der Waals surface area (Å²) >= 11 is 0. The second kappa shape index (κ2) is 8.97. The van der Waals surface area contributed by atoms with E-state index in [2.05, 4.69) is 31.0 Å². The molecule has 0 aromatic heterocycles. The van der Waals surface area contributed by atoms with Crippen molar-refractivity contribution >= 4 is 12.0 Å². The van der Waals surface area contributed by atoms with E-state index < -0.39 is 5.82 Å². The first-order chi connectivity index (χ1) is 11.9. The number of nitrogens with one attached hydrogen (secondary N) is 1. The maximum Gasteiger partial charge on any atom is 0.244 e. The monoisotopic (exact) mass is 350 g/mol. The van der Waals surface area contributed by atoms with Crippen LogP contribution >= 0.6 is 0 Å². The molecule has 5 nitrogen and oxygen atoms in total. The van der Waals surface area contributed by atoms with Gasteiger partial charge in [-0.3, -0.25) is 9.69 Å². The second-order valence-electron chi connectivity index (χ2n) is 6.53. The molecule has 1 amide bonds. The minimum Gasteiger partial charge on any atom is -0.494 e. The van der Waals surface area contributed by atoms with Crippen molar-refractivity contribution in [2.45, 2.75) is 39.0 Å². The van der Waals surface area contributed by atoms with Gasteiger partial charge in [0.1, 0.15) is 0 Å². The van der Waals surface area contributed by atoms with Gasteiger partial charge in [0.15, 0.2) is 11.6 Å². The van der Waals surface area contributed by atoms with Crippen molar-refractivity contribution in [3.63, 3.8) is 0 Å². The van der Waals surface area contributed by atoms with E-state index >= 15 is 0 Å². The Labute approximate surface area is 148 Å². The van der Waals surface area contributed by atoms with E-state index in [1.807, 2.05) is 0 Å². The first kappa shape index (κ1) is 19.4. The van der Waals surface area contributed by atoms with Crippen molar-refractivity contribution in [3.05, 3.63) is 35.7 Å². The Morgan fingerprint density at radius 3 is 2.72 bits per heavy atom. The standard InChI is InChI=1S/C19H27FN2O3/c1-13(22-11-14(2)25-15(3)12-22)10-21-19(23)8-6-16-5-7-18(24-4)17(20)9-16/h5-9,13-15H,10-12H2,1-4H3,(H,21,23). The molecule has 3 atom stereocenters. The smallest absolute Gasteiger partial charge is 0.244 e. The van der Waals surface area contributed by atoms with Crippen LogP contribution in [0, 0.1) is 5.82 Å². The molecule has 1 saturated heterocycles. The Hall–Kier alpha value is -1.92. The lowest BCUT2D eigenvalue weighted by Gasteiger charge is -2.38. The van der Waals surface area contributed by atoms with Gasteiger partial charge in [0, 0.05) is 31.8 Å². The predicted octanol–water partition coefficient (Wildman–Crippen LogP) is 2.46. The van der Waals surface area contributed by atoms with Crippen molar-refractivity contribution in [1.29, 1.82) is 0 Å². The zero-order valence-corrected chi connectivity index (χ0v) is 15.3. The van der Waals surface area contributed by atoms with Gasteiger partial charge in [-0.05, 0) is 44.5 Å². The summed E-state index contributed by atoms with van der Waals surface area (Å²) in [6.07, 6.45) is 3.40. The number of hydrogen-bond donors (Lipinski definition) is 1. The molecule has 0 spiro atoms. The maximum atomic E-state index is 13.6. The Bertz CT molecular complexity index is 611. The summed E-state index contributed by atoms with van der Waals surface area (Å²) in [4.78, 5) is 14.3. The normalized spacial score (nSPS) is 22.8. The third kappa shape index (κ3) is 5.83. The lowest BCUT2D eigenvalue weighted by molar-refractivity contribution is -0.117. The van der Waals surface area contributed by atoms with Crippen molar-refractivity contribution < 1.29 is 18.7 Å². The van der Waals surface area contributed by atoms with Gasteiger partial charge in [-0.25, -0.2) is 4.39 Å². The molecule has 0 saturated carbocycles. The van der Waals surface area contributed by atoms with Crippen molar-refractivity contribution in [2.75, 3.05) is 26.7 Å². The number of carbonyl (C=O) groups excluding carboxylic acids is 1. The van der Waals surface area contributed by atoms with Crippen LogP contribution in [0.3, 0.4) is 0 Å². The number of hydrogen-bond acceptors (Lipinski definition) is 4. The topological polar surface area (TPSA) is 50.8 Å². The molecule has 0 bridgehead atoms. The quantitative estimate of drug-likeness (QED) is 0.801. The van der Waals surface area contributed by atoms with Gasteiger partial charge in [0.05, 0.1) is 19.3 Å². The molecule has 1 aliphatic heterocycles. The molecule has 2 rings (SSSR count). The average molecular weight is 350 g/mol. The lowest BCUT2D eigenvalue weighted by Crippen LogP contribution is -2.52. The fourth-order valence-electron chi connectivity index (χ4n) is 2.97. The van der Waals surface area contributed by atoms with Gasteiger partial charge in [-0.2, -0.15) is 0 Å². The van der Waals surface area contributed by atoms with Crippen LogP contribution in [0.5, 0.6) is 5.75 Å². The minimum absolute atomic E-state index is 0.185. The molecule has 1 N–H and O–H groups in total. The Kier molecular flexibility index (Phi) is 6.96. The van der Waals surface area contributed by atoms with E-state index in [-0.39, 0.29) is 29.9 Å². The molecule has 0 radical (unpaired) electrons. The molecule has 3 unspecified atom stereocenters. The fourth-order valence-corrected chi connectivity index (χ4v) is 2.97. The van der Waals surface area contributed by atoms with Gasteiger partial charge >= 0.3 is 0 Å². The molecule has 0 aliphatic carbocycles. The Balaban J connectivity index is 1.82. The number of benzene rings is 1. The van der Waals surface area contributed by atoms with Gasteiger partial charge in [0.2, 0.25) is 5.91 Å². The molecule has 1 aliphatic rings. The molecule has 138 valence electrons. The van der Waals surface area contributed by atoms with Crippen LogP contribution < -0.4 is 10.1 Å². The number of ether oxygens (including phenoxy) is 2. The zero-order valence-electron chi connectivity index (χ0n) is 15.3. The molecule has 1 fully saturated rings. The zero-order chi connectivity index (χ0) is 18.4. The van der Waals surface area contributed by atoms with Crippen molar-refractivity contribution in [2.24, 2.45) is 0 Å². The van der Waals surface area contributed by atoms with Crippen LogP contribution in [-0.4, -0.2) is 55.8 Å². The minimum atomic E-state index is -0.450. The molecule has 6 heteroatoms. The third-order valence-electron chi connectivity index (χ3n) is 4.25. The lowest BCUT2D eigenvalue weighted by atomic mass is 10.1. The van der Waals surface area contributed by atoms with Crippen molar-refractivity contribution in [1.82, 2.24) is 10.2 Å². The predicted molar refractivity (Wildman–Crippen MR) is 96.0 cm³/mol. The molecule has 1 aromatic carbocycles. The number of methoxy groups -OCH3 is 1. The average Bonchev–Trinajstić information content (AvgIpc) is 2.57. The SMILES string of the molecule is COc1ccc(C=CC(=O)NCC(C)N2CC(C)OC(C)C2)cc1F. The van der Waals surface area contributed by atoms with E-state index in [0.717, 1.165) is 13.1 Å². The van der Waals surface area contributed by atoms with Crippen LogP contribution in [0.1, 0.15) is 26.3 Å². The summed E-state index contributed by atoms with van der Waals surface area (Å²) in [5.74, 6) is -0.462. The van der Waals surface area contributed by atoms with Gasteiger partial charge < -0.3 is 14.8 Å². The number of carbonyl (C=O) groups is 1. The number of rotatable bonds is 6. The van der Waals surface area contributed by atoms with Crippen LogP contribution in [0.2, 0.25) is 0 Å². The van der Waals surface area contributed by atoms with E-state index in [1.165, 1.54) is 25.3 Å². The number of halogens is 1. The van der Waals surface area contributed by atoms with Crippen LogP contribution in [0.4, 0.5) is 4.39 Å². The maximum absolute atomic E-state index is 13.6. The summed E-state index contributed by atoms with van der Waals surface area (Å²) in [6, 6.07) is 4.80. The van der Waals surface area contributed by atoms with E-state index in [4.69, 9.17) is 9.47 Å². The van der Waals surface area contributed by atoms with Gasteiger partial charge in [0.25, 0.3) is 0 Å². The summed E-state index contributed by atoms with van der Waals surface area (Å²) < 4.78 is 24.2. The Morgan fingerprint density at radius 2 is 2.12 bits per heavy atom. The van der Waals surface area contributed by atoms with Crippen LogP contribution in [-0.2, 0) is 9.53 Å². The second-order valence-corrected chi connectivity index (χ2v) is 6.53. The Morgan fingerprint density at radius 1 is 1.44 bits per heavy atom. The summed E-state index contributed by atoms with van der Waals surface area (Å²) in [6.45, 7) is 8.49. The molecule has 25 heavy (non-hydrogen) atoms. The van der Waals surface area contributed by atoms with Crippen molar-refractivity contribution in [3.8, 4) is 5.75 Å². The summed E-state index contributed by atoms with van der Waals surface area (Å²) in [7, 11) is 1.42. The number of amides is 1. The highest BCUT2D eigenvalue weighted by Gasteiger charge is 2.25. The molecule has 1 heterocycles. The fraction of sp³-hybridized carbons (Fsp3) is 0.526. The van der Waals surface area contributed by atoms with E-state index in [1.54, 1.807) is 12.1 Å². The highest BCUT2D eigenvalue weighted by atomic mass is 19.1. The van der Waals surface area contributed by atoms with E-state index in [0.29, 0.717) is 12.1 Å². The molecular weight excluding hydrogens is 323 g/mol. The highest BCUT2D eigenvalue weighted by Crippen LogP contribution is 2.18. The first-order valence-corrected chi connectivity index (χ1v) is 8.58. The first-order valence-electron chi connectivity index (χ1n) is 8.58. The largest absolute Gasteiger partial charge is 0.494 e. The molecule has 1 aromatic rings. The van der Waals surface area contributed by atoms with Gasteiger partial charge in [-0.1, -0.05) is 6.07 Å². The number of morpholine rings is 1.